The number of rotatable bonds is 10. The zero-order valence-corrected chi connectivity index (χ0v) is 14.3. The molecule has 0 fully saturated rings. The maximum atomic E-state index is 12.3. The van der Waals surface area contributed by atoms with Gasteiger partial charge in [0.2, 0.25) is 0 Å². The molecule has 0 aliphatic heterocycles. The molecule has 0 radical (unpaired) electrons. The highest BCUT2D eigenvalue weighted by atomic mass is 35.5. The van der Waals surface area contributed by atoms with Crippen molar-refractivity contribution in [2.45, 2.75) is 13.0 Å². The summed E-state index contributed by atoms with van der Waals surface area (Å²) >= 11 is 6.10. The highest BCUT2D eigenvalue weighted by Crippen LogP contribution is 2.36. The third-order valence-electron chi connectivity index (χ3n) is 2.90. The van der Waals surface area contributed by atoms with Crippen molar-refractivity contribution in [2.75, 3.05) is 26.9 Å². The lowest BCUT2D eigenvalue weighted by Gasteiger charge is -2.16. The summed E-state index contributed by atoms with van der Waals surface area (Å²) in [4.78, 5) is 23.5. The van der Waals surface area contributed by atoms with Crippen LogP contribution in [0.3, 0.4) is 0 Å². The van der Waals surface area contributed by atoms with Crippen LogP contribution in [0.15, 0.2) is 24.8 Å². The molecule has 1 amide bonds. The minimum Gasteiger partial charge on any atom is -0.493 e. The molecule has 7 nitrogen and oxygen atoms in total. The van der Waals surface area contributed by atoms with Crippen LogP contribution in [0, 0.1) is 0 Å². The largest absolute Gasteiger partial charge is 0.493 e. The predicted molar refractivity (Wildman–Crippen MR) is 89.1 cm³/mol. The van der Waals surface area contributed by atoms with E-state index in [0.717, 1.165) is 0 Å². The van der Waals surface area contributed by atoms with Crippen LogP contribution in [0.5, 0.6) is 11.5 Å². The maximum Gasteiger partial charge on any atom is 0.328 e. The van der Waals surface area contributed by atoms with Crippen molar-refractivity contribution in [2.24, 2.45) is 0 Å². The fourth-order valence-electron chi connectivity index (χ4n) is 1.82. The van der Waals surface area contributed by atoms with E-state index in [0.29, 0.717) is 12.4 Å². The number of hydrogen-bond donors (Lipinski definition) is 2. The van der Waals surface area contributed by atoms with Gasteiger partial charge >= 0.3 is 5.97 Å². The average Bonchev–Trinajstić information content (AvgIpc) is 2.55. The molecule has 132 valence electrons. The average molecular weight is 358 g/mol. The molecule has 8 heteroatoms. The molecule has 0 spiro atoms. The van der Waals surface area contributed by atoms with Gasteiger partial charge in [-0.05, 0) is 19.1 Å². The second kappa shape index (κ2) is 9.79. The normalized spacial score (nSPS) is 11.5. The van der Waals surface area contributed by atoms with Crippen molar-refractivity contribution >= 4 is 23.5 Å². The number of halogens is 1. The Kier molecular flexibility index (Phi) is 8.08. The van der Waals surface area contributed by atoms with Crippen LogP contribution in [0.1, 0.15) is 17.3 Å². The number of hydrogen-bond acceptors (Lipinski definition) is 5. The van der Waals surface area contributed by atoms with Crippen LogP contribution in [0.25, 0.3) is 0 Å². The zero-order valence-electron chi connectivity index (χ0n) is 13.5. The van der Waals surface area contributed by atoms with Crippen LogP contribution in [0.4, 0.5) is 0 Å². The number of carbonyl (C=O) groups excluding carboxylic acids is 1. The standard InChI is InChI=1S/C16H20ClNO6/c1-4-6-23-9-12(16(20)21)18-15(19)10-7-11(17)14(24-5-2)13(8-10)22-3/h4,7-8,12H,1,5-6,9H2,2-3H3,(H,18,19)(H,20,21). The molecular formula is C16H20ClNO6. The Labute approximate surface area is 145 Å². The quantitative estimate of drug-likeness (QED) is 0.492. The molecule has 24 heavy (non-hydrogen) atoms. The number of ether oxygens (including phenoxy) is 3. The number of carbonyl (C=O) groups is 2. The summed E-state index contributed by atoms with van der Waals surface area (Å²) in [6.45, 7) is 5.63. The molecule has 1 unspecified atom stereocenters. The van der Waals surface area contributed by atoms with E-state index in [1.165, 1.54) is 25.3 Å². The van der Waals surface area contributed by atoms with E-state index in [9.17, 15) is 9.59 Å². The van der Waals surface area contributed by atoms with Crippen LogP contribution < -0.4 is 14.8 Å². The summed E-state index contributed by atoms with van der Waals surface area (Å²) < 4.78 is 15.6. The fraction of sp³-hybridized carbons (Fsp3) is 0.375. The smallest absolute Gasteiger partial charge is 0.328 e. The molecule has 0 bridgehead atoms. The summed E-state index contributed by atoms with van der Waals surface area (Å²) in [5, 5.41) is 11.7. The molecule has 0 aliphatic carbocycles. The lowest BCUT2D eigenvalue weighted by molar-refractivity contribution is -0.140. The fourth-order valence-corrected chi connectivity index (χ4v) is 2.09. The lowest BCUT2D eigenvalue weighted by atomic mass is 10.1. The monoisotopic (exact) mass is 357 g/mol. The van der Waals surface area contributed by atoms with Crippen molar-refractivity contribution in [3.8, 4) is 11.5 Å². The van der Waals surface area contributed by atoms with Crippen LogP contribution in [0.2, 0.25) is 5.02 Å². The second-order valence-corrected chi connectivity index (χ2v) is 5.02. The number of carboxylic acid groups (broad SMARTS) is 1. The number of amides is 1. The number of methoxy groups -OCH3 is 1. The third kappa shape index (κ3) is 5.43. The third-order valence-corrected chi connectivity index (χ3v) is 3.18. The molecule has 0 aromatic heterocycles. The number of benzene rings is 1. The molecule has 0 heterocycles. The summed E-state index contributed by atoms with van der Waals surface area (Å²) in [6, 6.07) is 1.61. The van der Waals surface area contributed by atoms with E-state index in [2.05, 4.69) is 11.9 Å². The van der Waals surface area contributed by atoms with Gasteiger partial charge in [0, 0.05) is 5.56 Å². The first-order valence-electron chi connectivity index (χ1n) is 7.17. The van der Waals surface area contributed by atoms with Gasteiger partial charge in [-0.15, -0.1) is 6.58 Å². The first-order valence-corrected chi connectivity index (χ1v) is 7.55. The Morgan fingerprint density at radius 3 is 2.71 bits per heavy atom. The van der Waals surface area contributed by atoms with Gasteiger partial charge in [0.05, 0.1) is 32.0 Å². The van der Waals surface area contributed by atoms with Gasteiger partial charge in [0.1, 0.15) is 0 Å². The van der Waals surface area contributed by atoms with Crippen molar-refractivity contribution in [1.82, 2.24) is 5.32 Å². The Morgan fingerprint density at radius 1 is 1.46 bits per heavy atom. The molecule has 0 saturated heterocycles. The molecule has 1 rings (SSSR count). The molecule has 0 saturated carbocycles. The van der Waals surface area contributed by atoms with Crippen molar-refractivity contribution in [3.05, 3.63) is 35.4 Å². The van der Waals surface area contributed by atoms with Gasteiger partial charge in [-0.2, -0.15) is 0 Å². The molecule has 1 aromatic rings. The van der Waals surface area contributed by atoms with Crippen LogP contribution >= 0.6 is 11.6 Å². The number of nitrogens with one attached hydrogen (secondary N) is 1. The zero-order chi connectivity index (χ0) is 18.1. The topological polar surface area (TPSA) is 94.1 Å². The van der Waals surface area contributed by atoms with Crippen LogP contribution in [-0.2, 0) is 9.53 Å². The lowest BCUT2D eigenvalue weighted by Crippen LogP contribution is -2.44. The molecule has 1 aromatic carbocycles. The van der Waals surface area contributed by atoms with Gasteiger partial charge < -0.3 is 24.6 Å². The van der Waals surface area contributed by atoms with E-state index in [-0.39, 0.29) is 29.5 Å². The van der Waals surface area contributed by atoms with E-state index in [1.807, 2.05) is 0 Å². The van der Waals surface area contributed by atoms with E-state index in [1.54, 1.807) is 6.92 Å². The van der Waals surface area contributed by atoms with E-state index >= 15 is 0 Å². The minimum absolute atomic E-state index is 0.148. The van der Waals surface area contributed by atoms with E-state index < -0.39 is 17.9 Å². The van der Waals surface area contributed by atoms with Gasteiger partial charge in [0.15, 0.2) is 17.5 Å². The maximum absolute atomic E-state index is 12.3. The Hall–Kier alpha value is -2.25. The van der Waals surface area contributed by atoms with Gasteiger partial charge in [-0.25, -0.2) is 4.79 Å². The summed E-state index contributed by atoms with van der Waals surface area (Å²) in [5.74, 6) is -1.23. The van der Waals surface area contributed by atoms with Crippen molar-refractivity contribution in [3.63, 3.8) is 0 Å². The predicted octanol–water partition coefficient (Wildman–Crippen LogP) is 2.13. The molecule has 1 atom stereocenters. The van der Waals surface area contributed by atoms with Gasteiger partial charge in [-0.3, -0.25) is 4.79 Å². The number of carboxylic acids is 1. The highest BCUT2D eigenvalue weighted by Gasteiger charge is 2.22. The molecule has 0 aliphatic rings. The van der Waals surface area contributed by atoms with Gasteiger partial charge in [-0.1, -0.05) is 17.7 Å². The second-order valence-electron chi connectivity index (χ2n) is 4.61. The van der Waals surface area contributed by atoms with Gasteiger partial charge in [0.25, 0.3) is 5.91 Å². The van der Waals surface area contributed by atoms with Crippen molar-refractivity contribution in [1.29, 1.82) is 0 Å². The Morgan fingerprint density at radius 2 is 2.17 bits per heavy atom. The Bertz CT molecular complexity index is 604. The first kappa shape index (κ1) is 19.8. The minimum atomic E-state index is -1.21. The molecule has 2 N–H and O–H groups in total. The molecular weight excluding hydrogens is 338 g/mol. The first-order chi connectivity index (χ1) is 11.4. The Balaban J connectivity index is 2.94. The SMILES string of the molecule is C=CCOCC(NC(=O)c1cc(Cl)c(OCC)c(OC)c1)C(=O)O. The number of aliphatic carboxylic acids is 1. The van der Waals surface area contributed by atoms with Crippen LogP contribution in [-0.4, -0.2) is 50.0 Å². The van der Waals surface area contributed by atoms with E-state index in [4.69, 9.17) is 30.9 Å². The summed E-state index contributed by atoms with van der Waals surface area (Å²) in [6.07, 6.45) is 1.48. The summed E-state index contributed by atoms with van der Waals surface area (Å²) in [5.41, 5.74) is 0.148. The van der Waals surface area contributed by atoms with Crippen molar-refractivity contribution < 1.29 is 28.9 Å². The summed E-state index contributed by atoms with van der Waals surface area (Å²) in [7, 11) is 1.42. The highest BCUT2D eigenvalue weighted by molar-refractivity contribution is 6.32.